The molecule has 0 bridgehead atoms. The maximum Gasteiger partial charge on any atom is 0.127 e. The lowest BCUT2D eigenvalue weighted by molar-refractivity contribution is 0.275. The molecule has 0 heterocycles. The molecule has 1 unspecified atom stereocenters. The second-order valence-electron chi connectivity index (χ2n) is 21.4. The van der Waals surface area contributed by atoms with Gasteiger partial charge in [-0.25, -0.2) is 0 Å². The molecule has 5 aromatic rings. The zero-order valence-corrected chi connectivity index (χ0v) is 44.2. The largest absolute Gasteiger partial charge is 0.496 e. The number of anilines is 3. The highest BCUT2D eigenvalue weighted by atomic mass is 16.5. The Balaban J connectivity index is 1.48. The first-order valence-corrected chi connectivity index (χ1v) is 25.9. The minimum atomic E-state index is 0.0976. The van der Waals surface area contributed by atoms with E-state index in [2.05, 4.69) is 209 Å². The standard InChI is InChI=1S/C64H87NO2/c1-14-16-18-39-63(9,10)41-37-56-45-61(66-13)55(46-62(56)67-42-38-48(5)22-20-21-47(3)4)28-27-52-29-34-58(43-50(52)7)65(57-32-30-54(31-33-57)53-25-23-49(6)24-26-53)59-35-36-60(51(8)44-59)64(11,12)40-19-17-15-2/h23-37,41,43-48H,14-22,38-40,42H2,1-13H3. The Morgan fingerprint density at radius 3 is 1.73 bits per heavy atom. The highest BCUT2D eigenvalue weighted by Gasteiger charge is 2.24. The molecule has 0 aliphatic rings. The van der Waals surface area contributed by atoms with Crippen LogP contribution < -0.4 is 14.4 Å². The van der Waals surface area contributed by atoms with Gasteiger partial charge < -0.3 is 14.4 Å². The van der Waals surface area contributed by atoms with E-state index in [-0.39, 0.29) is 10.8 Å². The molecule has 5 rings (SSSR count). The number of benzene rings is 5. The Hall–Kier alpha value is -5.02. The highest BCUT2D eigenvalue weighted by Crippen LogP contribution is 2.41. The molecule has 0 amide bonds. The third-order valence-electron chi connectivity index (χ3n) is 13.9. The number of unbranched alkanes of at least 4 members (excludes halogenated alkanes) is 4. The molecule has 67 heavy (non-hydrogen) atoms. The number of methoxy groups -OCH3 is 1. The summed E-state index contributed by atoms with van der Waals surface area (Å²) in [5.41, 5.74) is 14.6. The minimum Gasteiger partial charge on any atom is -0.496 e. The van der Waals surface area contributed by atoms with Crippen molar-refractivity contribution in [2.75, 3.05) is 18.6 Å². The van der Waals surface area contributed by atoms with Crippen LogP contribution in [0.1, 0.15) is 178 Å². The van der Waals surface area contributed by atoms with E-state index >= 15 is 0 Å². The Bertz CT molecular complexity index is 2340. The second kappa shape index (κ2) is 25.4. The van der Waals surface area contributed by atoms with Gasteiger partial charge in [-0.05, 0) is 145 Å². The summed E-state index contributed by atoms with van der Waals surface area (Å²) < 4.78 is 12.8. The van der Waals surface area contributed by atoms with Crippen LogP contribution in [0.5, 0.6) is 11.5 Å². The maximum atomic E-state index is 6.69. The number of allylic oxidation sites excluding steroid dienone is 1. The summed E-state index contributed by atoms with van der Waals surface area (Å²) in [5, 5.41) is 0. The maximum absolute atomic E-state index is 6.69. The molecule has 0 fully saturated rings. The molecule has 3 heteroatoms. The highest BCUT2D eigenvalue weighted by molar-refractivity contribution is 5.82. The van der Waals surface area contributed by atoms with Crippen LogP contribution in [0.3, 0.4) is 0 Å². The third kappa shape index (κ3) is 15.8. The molecule has 0 aromatic heterocycles. The second-order valence-corrected chi connectivity index (χ2v) is 21.4. The van der Waals surface area contributed by atoms with Gasteiger partial charge in [0.2, 0.25) is 0 Å². The van der Waals surface area contributed by atoms with Crippen LogP contribution in [0.2, 0.25) is 0 Å². The average molecular weight is 902 g/mol. The fourth-order valence-electron chi connectivity index (χ4n) is 9.43. The van der Waals surface area contributed by atoms with Gasteiger partial charge in [-0.2, -0.15) is 0 Å². The summed E-state index contributed by atoms with van der Waals surface area (Å²) in [6, 6.07) is 36.1. The van der Waals surface area contributed by atoms with Crippen LogP contribution in [-0.4, -0.2) is 13.7 Å². The topological polar surface area (TPSA) is 21.7 Å². The molecule has 5 aromatic carbocycles. The molecular formula is C64H87NO2. The van der Waals surface area contributed by atoms with Crippen molar-refractivity contribution in [2.24, 2.45) is 17.3 Å². The van der Waals surface area contributed by atoms with Crippen LogP contribution in [-0.2, 0) is 5.41 Å². The summed E-state index contributed by atoms with van der Waals surface area (Å²) >= 11 is 0. The lowest BCUT2D eigenvalue weighted by atomic mass is 9.78. The van der Waals surface area contributed by atoms with Crippen molar-refractivity contribution in [3.05, 3.63) is 142 Å². The van der Waals surface area contributed by atoms with Gasteiger partial charge in [0.15, 0.2) is 0 Å². The number of ether oxygens (including phenoxy) is 2. The van der Waals surface area contributed by atoms with Gasteiger partial charge in [-0.1, -0.05) is 198 Å². The monoisotopic (exact) mass is 902 g/mol. The predicted octanol–water partition coefficient (Wildman–Crippen LogP) is 19.6. The Kier molecular flexibility index (Phi) is 20.1. The van der Waals surface area contributed by atoms with Crippen LogP contribution in [0.25, 0.3) is 29.4 Å². The molecule has 0 saturated carbocycles. The smallest absolute Gasteiger partial charge is 0.127 e. The molecule has 1 atom stereocenters. The van der Waals surface area contributed by atoms with Gasteiger partial charge in [-0.3, -0.25) is 0 Å². The van der Waals surface area contributed by atoms with Crippen LogP contribution in [0.15, 0.2) is 103 Å². The van der Waals surface area contributed by atoms with Crippen molar-refractivity contribution in [2.45, 2.75) is 166 Å². The molecule has 0 saturated heterocycles. The van der Waals surface area contributed by atoms with E-state index < -0.39 is 0 Å². The average Bonchev–Trinajstić information content (AvgIpc) is 3.29. The molecule has 360 valence electrons. The zero-order chi connectivity index (χ0) is 48.6. The van der Waals surface area contributed by atoms with Crippen molar-refractivity contribution < 1.29 is 9.47 Å². The lowest BCUT2D eigenvalue weighted by Crippen LogP contribution is -2.19. The van der Waals surface area contributed by atoms with E-state index in [9.17, 15) is 0 Å². The number of hydrogen-bond donors (Lipinski definition) is 0. The SMILES string of the molecule is CCCCCC(C)(C)C=Cc1cc(OC)c(C=Cc2ccc(N(c3ccc(-c4ccc(C)cc4)cc3)c3ccc(C(C)(C)CCCCC)c(C)c3)cc2C)cc1OCCC(C)CCCC(C)C. The van der Waals surface area contributed by atoms with Crippen LogP contribution in [0.4, 0.5) is 17.1 Å². The Morgan fingerprint density at radius 1 is 0.552 bits per heavy atom. The van der Waals surface area contributed by atoms with Gasteiger partial charge in [0, 0.05) is 28.2 Å². The molecular weight excluding hydrogens is 815 g/mol. The summed E-state index contributed by atoms with van der Waals surface area (Å²) in [7, 11) is 1.78. The molecule has 3 nitrogen and oxygen atoms in total. The first-order valence-electron chi connectivity index (χ1n) is 25.9. The third-order valence-corrected chi connectivity index (χ3v) is 13.9. The summed E-state index contributed by atoms with van der Waals surface area (Å²) in [6.45, 7) is 28.4. The van der Waals surface area contributed by atoms with Gasteiger partial charge >= 0.3 is 0 Å². The van der Waals surface area contributed by atoms with Crippen molar-refractivity contribution in [3.63, 3.8) is 0 Å². The fourth-order valence-corrected chi connectivity index (χ4v) is 9.43. The van der Waals surface area contributed by atoms with Gasteiger partial charge in [-0.15, -0.1) is 0 Å². The van der Waals surface area contributed by atoms with E-state index in [0.29, 0.717) is 12.5 Å². The van der Waals surface area contributed by atoms with E-state index in [1.165, 1.54) is 104 Å². The molecule has 0 N–H and O–H groups in total. The van der Waals surface area contributed by atoms with E-state index in [1.54, 1.807) is 7.11 Å². The van der Waals surface area contributed by atoms with Crippen molar-refractivity contribution in [1.82, 2.24) is 0 Å². The molecule has 0 aliphatic carbocycles. The first-order chi connectivity index (χ1) is 32.0. The molecule has 0 spiro atoms. The number of hydrogen-bond acceptors (Lipinski definition) is 3. The van der Waals surface area contributed by atoms with E-state index in [0.717, 1.165) is 57.6 Å². The Morgan fingerprint density at radius 2 is 1.12 bits per heavy atom. The summed E-state index contributed by atoms with van der Waals surface area (Å²) in [6.07, 6.45) is 23.8. The summed E-state index contributed by atoms with van der Waals surface area (Å²) in [4.78, 5) is 2.41. The van der Waals surface area contributed by atoms with E-state index in [1.807, 2.05) is 0 Å². The van der Waals surface area contributed by atoms with Crippen LogP contribution >= 0.6 is 0 Å². The normalized spacial score (nSPS) is 12.7. The lowest BCUT2D eigenvalue weighted by Gasteiger charge is -2.30. The van der Waals surface area contributed by atoms with Crippen molar-refractivity contribution in [1.29, 1.82) is 0 Å². The van der Waals surface area contributed by atoms with E-state index in [4.69, 9.17) is 9.47 Å². The first kappa shape index (κ1) is 52.9. The van der Waals surface area contributed by atoms with Crippen molar-refractivity contribution >= 4 is 35.3 Å². The number of rotatable bonds is 26. The molecule has 0 aliphatic heterocycles. The van der Waals surface area contributed by atoms with Crippen molar-refractivity contribution in [3.8, 4) is 22.6 Å². The van der Waals surface area contributed by atoms with Gasteiger partial charge in [0.1, 0.15) is 11.5 Å². The summed E-state index contributed by atoms with van der Waals surface area (Å²) in [5.74, 6) is 3.14. The number of aryl methyl sites for hydroxylation is 3. The Labute approximate surface area is 409 Å². The zero-order valence-electron chi connectivity index (χ0n) is 44.2. The fraction of sp³-hybridized carbons (Fsp3) is 0.469. The van der Waals surface area contributed by atoms with Gasteiger partial charge in [0.25, 0.3) is 0 Å². The van der Waals surface area contributed by atoms with Gasteiger partial charge in [0.05, 0.1) is 13.7 Å². The quantitative estimate of drug-likeness (QED) is 0.0408. The minimum absolute atomic E-state index is 0.0976. The van der Waals surface area contributed by atoms with Crippen LogP contribution in [0, 0.1) is 38.0 Å². The molecule has 0 radical (unpaired) electrons. The predicted molar refractivity (Wildman–Crippen MR) is 295 cm³/mol. The number of nitrogens with zero attached hydrogens (tertiary/aromatic N) is 1.